The average Bonchev–Trinajstić information content (AvgIpc) is 3.01. The largest absolute Gasteiger partial charge is 0.327 e. The Labute approximate surface area is 127 Å². The zero-order valence-electron chi connectivity index (χ0n) is 11.0. The predicted octanol–water partition coefficient (Wildman–Crippen LogP) is 2.07. The van der Waals surface area contributed by atoms with Crippen molar-refractivity contribution in [2.45, 2.75) is 0 Å². The molecule has 1 aromatic carbocycles. The second-order valence-electron chi connectivity index (χ2n) is 4.85. The summed E-state index contributed by atoms with van der Waals surface area (Å²) in [4.78, 5) is 16.4. The van der Waals surface area contributed by atoms with Gasteiger partial charge in [0.05, 0.1) is 31.1 Å². The molecule has 1 saturated heterocycles. The molecule has 104 valence electrons. The minimum atomic E-state index is 0.151. The number of nitrogens with one attached hydrogen (secondary N) is 1. The number of thiophene rings is 1. The van der Waals surface area contributed by atoms with Crippen LogP contribution in [0.3, 0.4) is 0 Å². The van der Waals surface area contributed by atoms with Gasteiger partial charge >= 0.3 is 0 Å². The van der Waals surface area contributed by atoms with Crippen molar-refractivity contribution in [3.63, 3.8) is 0 Å². The van der Waals surface area contributed by atoms with E-state index in [1.807, 2.05) is 40.6 Å². The van der Waals surface area contributed by atoms with Gasteiger partial charge in [0.2, 0.25) is 0 Å². The minimum Gasteiger partial charge on any atom is -0.327 e. The maximum Gasteiger partial charge on any atom is 0.264 e. The highest BCUT2D eigenvalue weighted by atomic mass is 35.5. The van der Waals surface area contributed by atoms with E-state index in [1.165, 1.54) is 16.2 Å². The van der Waals surface area contributed by atoms with E-state index in [-0.39, 0.29) is 5.91 Å². The number of rotatable bonds is 2. The number of amides is 1. The molecule has 1 fully saturated rings. The zero-order chi connectivity index (χ0) is 13.9. The van der Waals surface area contributed by atoms with Gasteiger partial charge in [-0.2, -0.15) is 0 Å². The highest BCUT2D eigenvalue weighted by Crippen LogP contribution is 2.17. The van der Waals surface area contributed by atoms with Gasteiger partial charge in [-0.3, -0.25) is 9.69 Å². The minimum absolute atomic E-state index is 0.151. The average molecular weight is 308 g/mol. The Balaban J connectivity index is 1.65. The van der Waals surface area contributed by atoms with Crippen LogP contribution in [0, 0.1) is 0 Å². The number of halogens is 1. The van der Waals surface area contributed by atoms with E-state index in [2.05, 4.69) is 6.07 Å². The second-order valence-corrected chi connectivity index (χ2v) is 6.21. The third kappa shape index (κ3) is 2.73. The molecule has 1 N–H and O–H groups in total. The number of nitrogens with zero attached hydrogens (tertiary/aromatic N) is 1. The van der Waals surface area contributed by atoms with Gasteiger partial charge in [-0.1, -0.05) is 29.8 Å². The van der Waals surface area contributed by atoms with Crippen molar-refractivity contribution in [2.24, 2.45) is 0 Å². The first kappa shape index (κ1) is 13.6. The van der Waals surface area contributed by atoms with Crippen LogP contribution in [-0.4, -0.2) is 37.0 Å². The van der Waals surface area contributed by atoms with Crippen LogP contribution in [0.4, 0.5) is 5.69 Å². The molecular weight excluding hydrogens is 292 g/mol. The molecule has 2 heterocycles. The van der Waals surface area contributed by atoms with Gasteiger partial charge in [0.25, 0.3) is 5.91 Å². The normalized spacial score (nSPS) is 16.4. The fraction of sp³-hybridized carbons (Fsp3) is 0.267. The van der Waals surface area contributed by atoms with Crippen LogP contribution in [0.1, 0.15) is 9.67 Å². The van der Waals surface area contributed by atoms with E-state index in [0.29, 0.717) is 0 Å². The summed E-state index contributed by atoms with van der Waals surface area (Å²) in [5.74, 6) is 0.151. The molecule has 0 saturated carbocycles. The predicted molar refractivity (Wildman–Crippen MR) is 82.0 cm³/mol. The Bertz CT molecular complexity index is 592. The number of carbonyl (C=O) groups excluding carboxylic acids is 1. The van der Waals surface area contributed by atoms with Crippen molar-refractivity contribution in [1.29, 1.82) is 0 Å². The summed E-state index contributed by atoms with van der Waals surface area (Å²) < 4.78 is 0. The zero-order valence-corrected chi connectivity index (χ0v) is 12.6. The Morgan fingerprint density at radius 3 is 2.55 bits per heavy atom. The van der Waals surface area contributed by atoms with Crippen molar-refractivity contribution in [1.82, 2.24) is 4.90 Å². The Morgan fingerprint density at radius 1 is 1.15 bits per heavy atom. The van der Waals surface area contributed by atoms with Gasteiger partial charge in [-0.25, -0.2) is 0 Å². The summed E-state index contributed by atoms with van der Waals surface area (Å²) in [7, 11) is 0. The van der Waals surface area contributed by atoms with Crippen molar-refractivity contribution < 1.29 is 9.69 Å². The molecule has 1 aromatic heterocycles. The number of piperazine rings is 1. The van der Waals surface area contributed by atoms with E-state index in [1.54, 1.807) is 0 Å². The van der Waals surface area contributed by atoms with E-state index >= 15 is 0 Å². The third-order valence-electron chi connectivity index (χ3n) is 3.64. The lowest BCUT2D eigenvalue weighted by atomic mass is 10.2. The lowest BCUT2D eigenvalue weighted by molar-refractivity contribution is -0.837. The van der Waals surface area contributed by atoms with Crippen LogP contribution >= 0.6 is 22.9 Å². The molecule has 0 aliphatic carbocycles. The fourth-order valence-electron chi connectivity index (χ4n) is 2.55. The molecule has 2 aromatic rings. The molecule has 3 nitrogen and oxygen atoms in total. The number of carbonyl (C=O) groups is 1. The fourth-order valence-corrected chi connectivity index (χ4v) is 3.51. The Morgan fingerprint density at radius 2 is 1.90 bits per heavy atom. The quantitative estimate of drug-likeness (QED) is 0.903. The smallest absolute Gasteiger partial charge is 0.264 e. The van der Waals surface area contributed by atoms with Crippen LogP contribution in [0.25, 0.3) is 0 Å². The maximum atomic E-state index is 12.3. The van der Waals surface area contributed by atoms with Crippen LogP contribution in [0.5, 0.6) is 0 Å². The lowest BCUT2D eigenvalue weighted by Gasteiger charge is -2.32. The number of benzene rings is 1. The number of hydrogen-bond acceptors (Lipinski definition) is 2. The summed E-state index contributed by atoms with van der Waals surface area (Å²) in [6.07, 6.45) is 0. The highest BCUT2D eigenvalue weighted by Gasteiger charge is 2.26. The van der Waals surface area contributed by atoms with E-state index in [9.17, 15) is 4.79 Å². The number of hydrogen-bond donors (Lipinski definition) is 1. The molecule has 3 rings (SSSR count). The molecule has 0 bridgehead atoms. The molecule has 0 spiro atoms. The van der Waals surface area contributed by atoms with Gasteiger partial charge in [0.1, 0.15) is 10.7 Å². The topological polar surface area (TPSA) is 24.8 Å². The molecule has 20 heavy (non-hydrogen) atoms. The van der Waals surface area contributed by atoms with Crippen molar-refractivity contribution in [3.8, 4) is 0 Å². The molecule has 1 amide bonds. The third-order valence-corrected chi connectivity index (χ3v) is 4.83. The van der Waals surface area contributed by atoms with E-state index in [4.69, 9.17) is 11.6 Å². The molecule has 0 unspecified atom stereocenters. The highest BCUT2D eigenvalue weighted by molar-refractivity contribution is 7.12. The van der Waals surface area contributed by atoms with Crippen LogP contribution in [0.15, 0.2) is 41.8 Å². The molecular formula is C15H16ClN2OS+. The van der Waals surface area contributed by atoms with Gasteiger partial charge < -0.3 is 4.90 Å². The number of quaternary nitrogens is 1. The Kier molecular flexibility index (Phi) is 4.05. The van der Waals surface area contributed by atoms with Gasteiger partial charge in [0, 0.05) is 6.07 Å². The molecule has 0 atom stereocenters. The van der Waals surface area contributed by atoms with Gasteiger partial charge in [0.15, 0.2) is 0 Å². The molecule has 1 aliphatic rings. The SMILES string of the molecule is O=C(c1cccs1)N1CC[NH+](c2ccccc2Cl)CC1. The first-order valence-corrected chi connectivity index (χ1v) is 7.94. The summed E-state index contributed by atoms with van der Waals surface area (Å²) in [6.45, 7) is 3.36. The number of para-hydroxylation sites is 1. The summed E-state index contributed by atoms with van der Waals surface area (Å²) in [5.41, 5.74) is 1.14. The van der Waals surface area contributed by atoms with E-state index in [0.717, 1.165) is 41.8 Å². The van der Waals surface area contributed by atoms with Crippen LogP contribution < -0.4 is 4.90 Å². The van der Waals surface area contributed by atoms with Gasteiger partial charge in [-0.05, 0) is 17.5 Å². The second kappa shape index (κ2) is 5.95. The van der Waals surface area contributed by atoms with Crippen molar-refractivity contribution >= 4 is 34.5 Å². The lowest BCUT2D eigenvalue weighted by Crippen LogP contribution is -3.10. The molecule has 5 heteroatoms. The first-order valence-electron chi connectivity index (χ1n) is 6.68. The molecule has 1 aliphatic heterocycles. The van der Waals surface area contributed by atoms with E-state index < -0.39 is 0 Å². The Hall–Kier alpha value is -1.36. The maximum absolute atomic E-state index is 12.3. The van der Waals surface area contributed by atoms with Gasteiger partial charge in [-0.15, -0.1) is 11.3 Å². The summed E-state index contributed by atoms with van der Waals surface area (Å²) in [5, 5.41) is 2.75. The van der Waals surface area contributed by atoms with Crippen molar-refractivity contribution in [3.05, 3.63) is 51.7 Å². The standard InChI is InChI=1S/C15H15ClN2OS/c16-12-4-1-2-5-13(12)17-7-9-18(10-8-17)15(19)14-6-3-11-20-14/h1-6,11H,7-10H2/p+1. The monoisotopic (exact) mass is 307 g/mol. The summed E-state index contributed by atoms with van der Waals surface area (Å²) >= 11 is 7.74. The first-order chi connectivity index (χ1) is 9.75. The van der Waals surface area contributed by atoms with Crippen molar-refractivity contribution in [2.75, 3.05) is 26.2 Å². The van der Waals surface area contributed by atoms with Crippen LogP contribution in [-0.2, 0) is 0 Å². The molecule has 0 radical (unpaired) electrons. The summed E-state index contributed by atoms with van der Waals surface area (Å²) in [6, 6.07) is 11.8. The van der Waals surface area contributed by atoms with Crippen LogP contribution in [0.2, 0.25) is 5.02 Å².